The maximum Gasteiger partial charge on any atom is 0.254 e. The summed E-state index contributed by atoms with van der Waals surface area (Å²) in [7, 11) is 0. The number of nitrogens with zero attached hydrogens (tertiary/aromatic N) is 2. The average molecular weight is 373 g/mol. The highest BCUT2D eigenvalue weighted by Crippen LogP contribution is 2.33. The summed E-state index contributed by atoms with van der Waals surface area (Å²) in [6.07, 6.45) is 3.45. The van der Waals surface area contributed by atoms with Gasteiger partial charge in [0.1, 0.15) is 6.04 Å². The van der Waals surface area contributed by atoms with Crippen molar-refractivity contribution in [3.8, 4) is 11.5 Å². The monoisotopic (exact) mass is 373 g/mol. The normalized spacial score (nSPS) is 23.6. The minimum atomic E-state index is -0.366. The Morgan fingerprint density at radius 1 is 1.11 bits per heavy atom. The van der Waals surface area contributed by atoms with Gasteiger partial charge in [0.15, 0.2) is 11.5 Å². The van der Waals surface area contributed by atoms with Crippen molar-refractivity contribution >= 4 is 11.8 Å². The number of fused-ring (bicyclic) bond motifs is 1. The highest BCUT2D eigenvalue weighted by atomic mass is 16.7. The summed E-state index contributed by atoms with van der Waals surface area (Å²) in [6, 6.07) is 5.00. The minimum Gasteiger partial charge on any atom is -0.454 e. The minimum absolute atomic E-state index is 0.0738. The Morgan fingerprint density at radius 3 is 2.59 bits per heavy atom. The van der Waals surface area contributed by atoms with Crippen molar-refractivity contribution in [2.45, 2.75) is 44.7 Å². The summed E-state index contributed by atoms with van der Waals surface area (Å²) in [6.45, 7) is 4.28. The standard InChI is InChI=1S/C20H27N3O4/c1-13(21)14-6-9-22(10-7-14)20(25)16-3-2-8-23(16)19(24)15-4-5-17-18(11-15)27-12-26-17/h4-5,11,13-14,16H,2-3,6-10,12,21H2,1H3. The zero-order valence-corrected chi connectivity index (χ0v) is 15.7. The number of ether oxygens (including phenoxy) is 2. The SMILES string of the molecule is CC(N)C1CCN(C(=O)C2CCCN2C(=O)c2ccc3c(c2)OCO3)CC1. The first-order chi connectivity index (χ1) is 13.0. The van der Waals surface area contributed by atoms with Crippen molar-refractivity contribution in [3.05, 3.63) is 23.8 Å². The topological polar surface area (TPSA) is 85.1 Å². The molecule has 0 aliphatic carbocycles. The van der Waals surface area contributed by atoms with E-state index in [0.717, 1.165) is 38.8 Å². The molecule has 2 amide bonds. The fourth-order valence-corrected chi connectivity index (χ4v) is 4.32. The first kappa shape index (κ1) is 18.1. The molecule has 0 bridgehead atoms. The number of hydrogen-bond acceptors (Lipinski definition) is 5. The highest BCUT2D eigenvalue weighted by Gasteiger charge is 2.38. The third-order valence-corrected chi connectivity index (χ3v) is 6.01. The maximum absolute atomic E-state index is 13.1. The van der Waals surface area contributed by atoms with Crippen LogP contribution in [0.2, 0.25) is 0 Å². The molecule has 1 aromatic carbocycles. The van der Waals surface area contributed by atoms with E-state index in [1.807, 2.05) is 11.8 Å². The van der Waals surface area contributed by atoms with E-state index in [-0.39, 0.29) is 30.7 Å². The Hall–Kier alpha value is -2.28. The molecule has 0 aromatic heterocycles. The van der Waals surface area contributed by atoms with Crippen LogP contribution in [-0.4, -0.2) is 60.1 Å². The van der Waals surface area contributed by atoms with Crippen LogP contribution in [0.15, 0.2) is 18.2 Å². The average Bonchev–Trinajstić information content (AvgIpc) is 3.35. The molecule has 7 heteroatoms. The number of carbonyl (C=O) groups excluding carboxylic acids is 2. The summed E-state index contributed by atoms with van der Waals surface area (Å²) in [5.74, 6) is 1.67. The number of rotatable bonds is 3. The van der Waals surface area contributed by atoms with Gasteiger partial charge in [-0.2, -0.15) is 0 Å². The van der Waals surface area contributed by atoms with Gasteiger partial charge in [-0.15, -0.1) is 0 Å². The maximum atomic E-state index is 13.1. The molecule has 0 radical (unpaired) electrons. The van der Waals surface area contributed by atoms with Crippen molar-refractivity contribution in [3.63, 3.8) is 0 Å². The van der Waals surface area contributed by atoms with Gasteiger partial charge in [-0.05, 0) is 56.7 Å². The predicted octanol–water partition coefficient (Wildman–Crippen LogP) is 1.61. The molecular weight excluding hydrogens is 346 g/mol. The van der Waals surface area contributed by atoms with Crippen LogP contribution >= 0.6 is 0 Å². The molecule has 2 N–H and O–H groups in total. The molecule has 2 saturated heterocycles. The van der Waals surface area contributed by atoms with E-state index >= 15 is 0 Å². The number of benzene rings is 1. The van der Waals surface area contributed by atoms with Crippen LogP contribution in [0.4, 0.5) is 0 Å². The van der Waals surface area contributed by atoms with Crippen LogP contribution in [0.5, 0.6) is 11.5 Å². The van der Waals surface area contributed by atoms with E-state index in [1.54, 1.807) is 23.1 Å². The highest BCUT2D eigenvalue weighted by molar-refractivity contribution is 5.98. The third kappa shape index (κ3) is 3.48. The van der Waals surface area contributed by atoms with Gasteiger partial charge >= 0.3 is 0 Å². The molecule has 0 saturated carbocycles. The molecule has 1 aromatic rings. The molecule has 146 valence electrons. The second-order valence-corrected chi connectivity index (χ2v) is 7.75. The van der Waals surface area contributed by atoms with Gasteiger partial charge in [-0.1, -0.05) is 0 Å². The Kier molecular flexibility index (Phi) is 4.95. The lowest BCUT2D eigenvalue weighted by Crippen LogP contribution is -2.51. The van der Waals surface area contributed by atoms with Crippen LogP contribution in [0, 0.1) is 5.92 Å². The first-order valence-corrected chi connectivity index (χ1v) is 9.79. The van der Waals surface area contributed by atoms with Crippen LogP contribution < -0.4 is 15.2 Å². The Balaban J connectivity index is 1.44. The summed E-state index contributed by atoms with van der Waals surface area (Å²) in [5, 5.41) is 0. The molecule has 27 heavy (non-hydrogen) atoms. The summed E-state index contributed by atoms with van der Waals surface area (Å²) in [5.41, 5.74) is 6.54. The van der Waals surface area contributed by atoms with Gasteiger partial charge in [-0.3, -0.25) is 9.59 Å². The number of likely N-dealkylation sites (tertiary alicyclic amines) is 2. The summed E-state index contributed by atoms with van der Waals surface area (Å²) >= 11 is 0. The van der Waals surface area contributed by atoms with E-state index in [0.29, 0.717) is 29.5 Å². The number of hydrogen-bond donors (Lipinski definition) is 1. The number of amides is 2. The van der Waals surface area contributed by atoms with Crippen LogP contribution in [0.1, 0.15) is 43.0 Å². The molecule has 4 rings (SSSR count). The van der Waals surface area contributed by atoms with Crippen LogP contribution in [0.3, 0.4) is 0 Å². The molecular formula is C20H27N3O4. The third-order valence-electron chi connectivity index (χ3n) is 6.01. The zero-order chi connectivity index (χ0) is 19.0. The van der Waals surface area contributed by atoms with Gasteiger partial charge in [-0.25, -0.2) is 0 Å². The molecule has 3 heterocycles. The Bertz CT molecular complexity index is 728. The lowest BCUT2D eigenvalue weighted by molar-refractivity contribution is -0.136. The van der Waals surface area contributed by atoms with Crippen molar-refractivity contribution in [1.82, 2.24) is 9.80 Å². The summed E-state index contributed by atoms with van der Waals surface area (Å²) in [4.78, 5) is 29.7. The molecule has 2 atom stereocenters. The Morgan fingerprint density at radius 2 is 1.85 bits per heavy atom. The van der Waals surface area contributed by atoms with Gasteiger partial charge < -0.3 is 25.0 Å². The molecule has 2 fully saturated rings. The largest absolute Gasteiger partial charge is 0.454 e. The van der Waals surface area contributed by atoms with Crippen LogP contribution in [0.25, 0.3) is 0 Å². The molecule has 7 nitrogen and oxygen atoms in total. The first-order valence-electron chi connectivity index (χ1n) is 9.79. The van der Waals surface area contributed by atoms with Gasteiger partial charge in [0.05, 0.1) is 0 Å². The van der Waals surface area contributed by atoms with Crippen LogP contribution in [-0.2, 0) is 4.79 Å². The van der Waals surface area contributed by atoms with E-state index in [9.17, 15) is 9.59 Å². The predicted molar refractivity (Wildman–Crippen MR) is 99.6 cm³/mol. The molecule has 3 aliphatic heterocycles. The zero-order valence-electron chi connectivity index (χ0n) is 15.7. The quantitative estimate of drug-likeness (QED) is 0.870. The van der Waals surface area contributed by atoms with Gasteiger partial charge in [0, 0.05) is 31.2 Å². The van der Waals surface area contributed by atoms with Gasteiger partial charge in [0.2, 0.25) is 12.7 Å². The van der Waals surface area contributed by atoms with Gasteiger partial charge in [0.25, 0.3) is 5.91 Å². The second kappa shape index (κ2) is 7.38. The van der Waals surface area contributed by atoms with Crippen molar-refractivity contribution in [2.75, 3.05) is 26.4 Å². The van der Waals surface area contributed by atoms with E-state index < -0.39 is 0 Å². The number of piperidine rings is 1. The number of nitrogens with two attached hydrogens (primary N) is 1. The fourth-order valence-electron chi connectivity index (χ4n) is 4.32. The Labute approximate surface area is 159 Å². The van der Waals surface area contributed by atoms with Crippen molar-refractivity contribution < 1.29 is 19.1 Å². The lowest BCUT2D eigenvalue weighted by atomic mass is 9.90. The second-order valence-electron chi connectivity index (χ2n) is 7.75. The van der Waals surface area contributed by atoms with E-state index in [2.05, 4.69) is 0 Å². The lowest BCUT2D eigenvalue weighted by Gasteiger charge is -2.36. The molecule has 2 unspecified atom stereocenters. The molecule has 3 aliphatic rings. The van der Waals surface area contributed by atoms with Crippen molar-refractivity contribution in [1.29, 1.82) is 0 Å². The van der Waals surface area contributed by atoms with E-state index in [1.165, 1.54) is 0 Å². The van der Waals surface area contributed by atoms with Crippen molar-refractivity contribution in [2.24, 2.45) is 11.7 Å². The molecule has 0 spiro atoms. The smallest absolute Gasteiger partial charge is 0.254 e. The van der Waals surface area contributed by atoms with E-state index in [4.69, 9.17) is 15.2 Å². The fraction of sp³-hybridized carbons (Fsp3) is 0.600. The number of carbonyl (C=O) groups is 2. The summed E-state index contributed by atoms with van der Waals surface area (Å²) < 4.78 is 10.7.